The van der Waals surface area contributed by atoms with Gasteiger partial charge in [-0.15, -0.1) is 0 Å². The summed E-state index contributed by atoms with van der Waals surface area (Å²) in [5.74, 6) is -2.10. The summed E-state index contributed by atoms with van der Waals surface area (Å²) in [7, 11) is 0. The first-order chi connectivity index (χ1) is 10.4. The topological polar surface area (TPSA) is 66.4 Å². The van der Waals surface area contributed by atoms with Crippen molar-refractivity contribution in [1.82, 2.24) is 0 Å². The van der Waals surface area contributed by atoms with Crippen LogP contribution < -0.4 is 5.32 Å². The van der Waals surface area contributed by atoms with Crippen molar-refractivity contribution >= 4 is 33.5 Å². The number of carboxylic acids is 1. The second-order valence-corrected chi connectivity index (χ2v) is 7.16. The molecule has 5 heteroatoms. The van der Waals surface area contributed by atoms with Crippen LogP contribution in [0.2, 0.25) is 0 Å². The van der Waals surface area contributed by atoms with Crippen molar-refractivity contribution in [3.63, 3.8) is 0 Å². The molecule has 22 heavy (non-hydrogen) atoms. The van der Waals surface area contributed by atoms with Gasteiger partial charge in [-0.3, -0.25) is 9.59 Å². The van der Waals surface area contributed by atoms with Crippen LogP contribution in [-0.2, 0) is 9.59 Å². The smallest absolute Gasteiger partial charge is 0.307 e. The predicted octanol–water partition coefficient (Wildman–Crippen LogP) is 3.53. The minimum absolute atomic E-state index is 0.00892. The molecule has 0 radical (unpaired) electrons. The second-order valence-electron chi connectivity index (χ2n) is 6.24. The molecule has 4 unspecified atom stereocenters. The number of benzene rings is 1. The Labute approximate surface area is 137 Å². The van der Waals surface area contributed by atoms with Crippen LogP contribution in [0.3, 0.4) is 0 Å². The number of anilines is 1. The second kappa shape index (κ2) is 5.54. The molecule has 3 rings (SSSR count). The summed E-state index contributed by atoms with van der Waals surface area (Å²) in [4.78, 5) is 24.2. The van der Waals surface area contributed by atoms with E-state index in [4.69, 9.17) is 0 Å². The van der Waals surface area contributed by atoms with E-state index in [1.807, 2.05) is 38.1 Å². The third kappa shape index (κ3) is 2.47. The lowest BCUT2D eigenvalue weighted by Crippen LogP contribution is -2.36. The summed E-state index contributed by atoms with van der Waals surface area (Å²) in [6.45, 7) is 3.87. The van der Waals surface area contributed by atoms with Gasteiger partial charge in [-0.05, 0) is 55.4 Å². The van der Waals surface area contributed by atoms with E-state index in [0.29, 0.717) is 0 Å². The number of nitrogens with one attached hydrogen (secondary N) is 1. The highest BCUT2D eigenvalue weighted by molar-refractivity contribution is 9.10. The van der Waals surface area contributed by atoms with Crippen molar-refractivity contribution in [3.8, 4) is 0 Å². The Morgan fingerprint density at radius 2 is 1.68 bits per heavy atom. The number of carboxylic acid groups (broad SMARTS) is 1. The van der Waals surface area contributed by atoms with Gasteiger partial charge in [0.1, 0.15) is 0 Å². The highest BCUT2D eigenvalue weighted by atomic mass is 79.9. The van der Waals surface area contributed by atoms with E-state index < -0.39 is 17.8 Å². The number of aliphatic carboxylic acids is 1. The third-order valence-electron chi connectivity index (χ3n) is 4.79. The molecule has 2 aliphatic carbocycles. The molecule has 0 aliphatic heterocycles. The number of hydrogen-bond donors (Lipinski definition) is 2. The van der Waals surface area contributed by atoms with E-state index in [9.17, 15) is 14.7 Å². The van der Waals surface area contributed by atoms with Crippen molar-refractivity contribution in [2.45, 2.75) is 20.3 Å². The Bertz CT molecular complexity index is 659. The average Bonchev–Trinajstić information content (AvgIpc) is 3.02. The van der Waals surface area contributed by atoms with Gasteiger partial charge in [0.05, 0.1) is 11.8 Å². The summed E-state index contributed by atoms with van der Waals surface area (Å²) in [5, 5.41) is 12.4. The van der Waals surface area contributed by atoms with Crippen molar-refractivity contribution in [2.75, 3.05) is 5.32 Å². The van der Waals surface area contributed by atoms with Crippen LogP contribution in [0.4, 0.5) is 5.69 Å². The number of hydrogen-bond acceptors (Lipinski definition) is 2. The lowest BCUT2D eigenvalue weighted by Gasteiger charge is -2.24. The fraction of sp³-hybridized carbons (Fsp3) is 0.412. The summed E-state index contributed by atoms with van der Waals surface area (Å²) in [6.07, 6.45) is 4.71. The van der Waals surface area contributed by atoms with Gasteiger partial charge >= 0.3 is 5.97 Å². The quantitative estimate of drug-likeness (QED) is 0.807. The number of fused-ring (bicyclic) bond motifs is 2. The molecule has 2 aliphatic rings. The third-order valence-corrected chi connectivity index (χ3v) is 5.25. The number of aryl methyl sites for hydroxylation is 2. The molecular weight excluding hydrogens is 346 g/mol. The fourth-order valence-electron chi connectivity index (χ4n) is 3.83. The van der Waals surface area contributed by atoms with Gasteiger partial charge in [0.2, 0.25) is 5.91 Å². The van der Waals surface area contributed by atoms with E-state index >= 15 is 0 Å². The summed E-state index contributed by atoms with van der Waals surface area (Å²) < 4.78 is 0.965. The van der Waals surface area contributed by atoms with Crippen molar-refractivity contribution in [2.24, 2.45) is 23.7 Å². The number of rotatable bonds is 3. The zero-order valence-electron chi connectivity index (χ0n) is 12.5. The van der Waals surface area contributed by atoms with Crippen molar-refractivity contribution < 1.29 is 14.7 Å². The van der Waals surface area contributed by atoms with Gasteiger partial charge in [-0.1, -0.05) is 28.1 Å². The first-order valence-electron chi connectivity index (χ1n) is 7.37. The molecule has 4 nitrogen and oxygen atoms in total. The van der Waals surface area contributed by atoms with Gasteiger partial charge in [0.15, 0.2) is 0 Å². The average molecular weight is 364 g/mol. The van der Waals surface area contributed by atoms with Crippen LogP contribution in [0.15, 0.2) is 28.8 Å². The van der Waals surface area contributed by atoms with E-state index in [0.717, 1.165) is 27.7 Å². The Kier molecular flexibility index (Phi) is 3.85. The number of allylic oxidation sites excluding steroid dienone is 2. The SMILES string of the molecule is Cc1cc(Br)cc(C)c1NC(=O)C1C2C=CC(C2)C1C(=O)O. The Morgan fingerprint density at radius 1 is 1.14 bits per heavy atom. The molecule has 0 spiro atoms. The lowest BCUT2D eigenvalue weighted by molar-refractivity contribution is -0.146. The largest absolute Gasteiger partial charge is 0.481 e. The Balaban J connectivity index is 1.86. The van der Waals surface area contributed by atoms with Crippen LogP contribution in [-0.4, -0.2) is 17.0 Å². The number of halogens is 1. The van der Waals surface area contributed by atoms with Crippen LogP contribution >= 0.6 is 15.9 Å². The number of carbonyl (C=O) groups is 2. The maximum Gasteiger partial charge on any atom is 0.307 e. The molecule has 1 aromatic rings. The zero-order chi connectivity index (χ0) is 16.0. The standard InChI is InChI=1S/C17H18BrNO3/c1-8-5-12(18)6-9(2)15(8)19-16(20)13-10-3-4-11(7-10)14(13)17(21)22/h3-6,10-11,13-14H,7H2,1-2H3,(H,19,20)(H,21,22). The Morgan fingerprint density at radius 3 is 2.23 bits per heavy atom. The van der Waals surface area contributed by atoms with E-state index in [-0.39, 0.29) is 17.7 Å². The van der Waals surface area contributed by atoms with Crippen molar-refractivity contribution in [1.29, 1.82) is 0 Å². The lowest BCUT2D eigenvalue weighted by atomic mass is 9.82. The highest BCUT2D eigenvalue weighted by Gasteiger charge is 2.51. The molecule has 2 N–H and O–H groups in total. The number of amides is 1. The van der Waals surface area contributed by atoms with Gasteiger partial charge in [0.25, 0.3) is 0 Å². The molecule has 1 amide bonds. The molecule has 0 aromatic heterocycles. The maximum atomic E-state index is 12.7. The molecule has 116 valence electrons. The first kappa shape index (κ1) is 15.3. The monoisotopic (exact) mass is 363 g/mol. The molecule has 1 aromatic carbocycles. The molecule has 1 saturated carbocycles. The zero-order valence-corrected chi connectivity index (χ0v) is 14.1. The van der Waals surface area contributed by atoms with E-state index in [1.54, 1.807) is 0 Å². The summed E-state index contributed by atoms with van der Waals surface area (Å²) in [6, 6.07) is 3.88. The molecule has 1 fully saturated rings. The molecule has 2 bridgehead atoms. The van der Waals surface area contributed by atoms with Gasteiger partial charge in [-0.25, -0.2) is 0 Å². The van der Waals surface area contributed by atoms with Crippen LogP contribution in [0.1, 0.15) is 17.5 Å². The van der Waals surface area contributed by atoms with Crippen molar-refractivity contribution in [3.05, 3.63) is 39.9 Å². The summed E-state index contributed by atoms with van der Waals surface area (Å²) in [5.41, 5.74) is 2.71. The van der Waals surface area contributed by atoms with Crippen LogP contribution in [0.25, 0.3) is 0 Å². The molecule has 0 saturated heterocycles. The maximum absolute atomic E-state index is 12.7. The minimum atomic E-state index is -0.874. The minimum Gasteiger partial charge on any atom is -0.481 e. The Hall–Kier alpha value is -1.62. The van der Waals surface area contributed by atoms with Gasteiger partial charge in [-0.2, -0.15) is 0 Å². The summed E-state index contributed by atoms with van der Waals surface area (Å²) >= 11 is 3.44. The fourth-order valence-corrected chi connectivity index (χ4v) is 4.52. The van der Waals surface area contributed by atoms with Gasteiger partial charge < -0.3 is 10.4 Å². The molecule has 0 heterocycles. The molecular formula is C17H18BrNO3. The van der Waals surface area contributed by atoms with E-state index in [1.165, 1.54) is 0 Å². The number of carbonyl (C=O) groups excluding carboxylic acids is 1. The first-order valence-corrected chi connectivity index (χ1v) is 8.16. The van der Waals surface area contributed by atoms with E-state index in [2.05, 4.69) is 21.2 Å². The van der Waals surface area contributed by atoms with Gasteiger partial charge in [0, 0.05) is 10.2 Å². The highest BCUT2D eigenvalue weighted by Crippen LogP contribution is 2.48. The molecule has 4 atom stereocenters. The predicted molar refractivity (Wildman–Crippen MR) is 87.6 cm³/mol. The van der Waals surface area contributed by atoms with Crippen LogP contribution in [0.5, 0.6) is 0 Å². The normalized spacial score (nSPS) is 28.9. The van der Waals surface area contributed by atoms with Crippen LogP contribution in [0, 0.1) is 37.5 Å².